The third-order valence-corrected chi connectivity index (χ3v) is 9.98. The van der Waals surface area contributed by atoms with Crippen LogP contribution in [0.2, 0.25) is 0 Å². The zero-order chi connectivity index (χ0) is 29.4. The highest BCUT2D eigenvalue weighted by molar-refractivity contribution is 4.79. The summed E-state index contributed by atoms with van der Waals surface area (Å²) < 4.78 is 0. The molecule has 0 bridgehead atoms. The van der Waals surface area contributed by atoms with E-state index in [4.69, 9.17) is 0 Å². The molecule has 0 aliphatic rings. The van der Waals surface area contributed by atoms with Crippen LogP contribution in [0.15, 0.2) is 0 Å². The molecule has 0 aromatic rings. The van der Waals surface area contributed by atoms with Crippen LogP contribution in [0.4, 0.5) is 0 Å². The van der Waals surface area contributed by atoms with Crippen molar-refractivity contribution in [2.45, 2.75) is 247 Å². The second-order valence-electron chi connectivity index (χ2n) is 14.4. The van der Waals surface area contributed by atoms with Crippen molar-refractivity contribution < 1.29 is 0 Å². The van der Waals surface area contributed by atoms with Crippen LogP contribution in [0, 0.1) is 11.3 Å². The normalized spacial score (nSPS) is 14.0. The van der Waals surface area contributed by atoms with Gasteiger partial charge in [0.05, 0.1) is 0 Å². The smallest absolute Gasteiger partial charge is 0.0323 e. The summed E-state index contributed by atoms with van der Waals surface area (Å²) in [6, 6.07) is 0. The maximum Gasteiger partial charge on any atom is -0.0323 e. The van der Waals surface area contributed by atoms with Gasteiger partial charge in [0.25, 0.3) is 0 Å². The largest absolute Gasteiger partial charge is 0.0654 e. The first-order chi connectivity index (χ1) is 19.6. The van der Waals surface area contributed by atoms with Crippen LogP contribution in [-0.4, -0.2) is 0 Å². The van der Waals surface area contributed by atoms with E-state index in [1.165, 1.54) is 212 Å². The van der Waals surface area contributed by atoms with Crippen LogP contribution in [0.25, 0.3) is 0 Å². The van der Waals surface area contributed by atoms with Gasteiger partial charge in [0, 0.05) is 0 Å². The van der Waals surface area contributed by atoms with Gasteiger partial charge in [-0.05, 0) is 30.6 Å². The molecule has 0 rings (SSSR count). The Morgan fingerprint density at radius 2 is 0.575 bits per heavy atom. The minimum absolute atomic E-state index is 0.597. The number of unbranched alkanes of at least 4 members (excludes halogenated alkanes) is 24. The summed E-state index contributed by atoms with van der Waals surface area (Å²) in [6.45, 7) is 12.1. The third-order valence-electron chi connectivity index (χ3n) is 9.98. The van der Waals surface area contributed by atoms with E-state index in [9.17, 15) is 0 Å². The van der Waals surface area contributed by atoms with Crippen LogP contribution < -0.4 is 0 Å². The fourth-order valence-corrected chi connectivity index (χ4v) is 7.17. The molecule has 0 saturated carbocycles. The zero-order valence-electron chi connectivity index (χ0n) is 29.4. The quantitative estimate of drug-likeness (QED) is 0.0684. The Morgan fingerprint density at radius 1 is 0.325 bits per heavy atom. The molecule has 0 heterocycles. The van der Waals surface area contributed by atoms with E-state index >= 15 is 0 Å². The standard InChI is InChI=1S/C40H82/c1-6-10-14-18-22-24-27-31-35-39(34-30-26-20-16-12-8-3)38-40(5,36-32-28-21-17-13-9-4)37-33-29-25-23-19-15-11-7-2/h39H,6-38H2,1-5H3. The van der Waals surface area contributed by atoms with Crippen molar-refractivity contribution in [1.29, 1.82) is 0 Å². The molecule has 0 fully saturated rings. The minimum Gasteiger partial charge on any atom is -0.0654 e. The topological polar surface area (TPSA) is 0 Å². The third kappa shape index (κ3) is 28.1. The Balaban J connectivity index is 4.81. The van der Waals surface area contributed by atoms with Gasteiger partial charge in [-0.15, -0.1) is 0 Å². The van der Waals surface area contributed by atoms with E-state index in [0.717, 1.165) is 5.92 Å². The highest BCUT2D eigenvalue weighted by Crippen LogP contribution is 2.40. The van der Waals surface area contributed by atoms with Gasteiger partial charge < -0.3 is 0 Å². The molecule has 0 saturated heterocycles. The molecule has 242 valence electrons. The highest BCUT2D eigenvalue weighted by atomic mass is 14.3. The Morgan fingerprint density at radius 3 is 0.875 bits per heavy atom. The van der Waals surface area contributed by atoms with E-state index in [1.807, 2.05) is 0 Å². The van der Waals surface area contributed by atoms with Gasteiger partial charge in [-0.25, -0.2) is 0 Å². The lowest BCUT2D eigenvalue weighted by atomic mass is 9.71. The Bertz CT molecular complexity index is 453. The van der Waals surface area contributed by atoms with Crippen molar-refractivity contribution in [3.63, 3.8) is 0 Å². The second kappa shape index (κ2) is 31.9. The summed E-state index contributed by atoms with van der Waals surface area (Å²) in [5, 5.41) is 0. The Labute approximate surface area is 257 Å². The molecule has 0 aliphatic carbocycles. The van der Waals surface area contributed by atoms with Gasteiger partial charge in [-0.2, -0.15) is 0 Å². The minimum atomic E-state index is 0.597. The van der Waals surface area contributed by atoms with Gasteiger partial charge in [0.15, 0.2) is 0 Å². The molecule has 2 atom stereocenters. The average Bonchev–Trinajstić information content (AvgIpc) is 2.95. The van der Waals surface area contributed by atoms with Gasteiger partial charge in [-0.1, -0.05) is 227 Å². The monoisotopic (exact) mass is 563 g/mol. The van der Waals surface area contributed by atoms with E-state index in [0.29, 0.717) is 5.41 Å². The number of hydrogen-bond acceptors (Lipinski definition) is 0. The molecule has 2 unspecified atom stereocenters. The van der Waals surface area contributed by atoms with Crippen LogP contribution >= 0.6 is 0 Å². The number of rotatable bonds is 34. The molecule has 0 N–H and O–H groups in total. The number of hydrogen-bond donors (Lipinski definition) is 0. The Kier molecular flexibility index (Phi) is 31.9. The summed E-state index contributed by atoms with van der Waals surface area (Å²) in [6.07, 6.45) is 48.4. The van der Waals surface area contributed by atoms with E-state index in [-0.39, 0.29) is 0 Å². The first-order valence-electron chi connectivity index (χ1n) is 19.6. The first-order valence-corrected chi connectivity index (χ1v) is 19.6. The first kappa shape index (κ1) is 40.0. The lowest BCUT2D eigenvalue weighted by Crippen LogP contribution is -2.21. The fraction of sp³-hybridized carbons (Fsp3) is 1.00. The maximum absolute atomic E-state index is 2.72. The summed E-state index contributed by atoms with van der Waals surface area (Å²) in [5.41, 5.74) is 0.597. The van der Waals surface area contributed by atoms with Gasteiger partial charge >= 0.3 is 0 Å². The van der Waals surface area contributed by atoms with Crippen molar-refractivity contribution in [2.24, 2.45) is 11.3 Å². The molecule has 0 aromatic carbocycles. The fourth-order valence-electron chi connectivity index (χ4n) is 7.17. The highest BCUT2D eigenvalue weighted by Gasteiger charge is 2.27. The predicted octanol–water partition coefficient (Wildman–Crippen LogP) is 15.6. The van der Waals surface area contributed by atoms with Gasteiger partial charge in [0.1, 0.15) is 0 Å². The van der Waals surface area contributed by atoms with Gasteiger partial charge in [0.2, 0.25) is 0 Å². The van der Waals surface area contributed by atoms with Crippen LogP contribution in [-0.2, 0) is 0 Å². The molecule has 0 nitrogen and oxygen atoms in total. The maximum atomic E-state index is 2.72. The molecule has 40 heavy (non-hydrogen) atoms. The Hall–Kier alpha value is 0. The SMILES string of the molecule is CCCCCCCCCCC(CCCCCCCC)CC(C)(CCCCCCCC)CCCCCCCCCC. The summed E-state index contributed by atoms with van der Waals surface area (Å²) >= 11 is 0. The zero-order valence-corrected chi connectivity index (χ0v) is 29.4. The molecule has 0 amide bonds. The van der Waals surface area contributed by atoms with E-state index in [2.05, 4.69) is 34.6 Å². The van der Waals surface area contributed by atoms with Crippen LogP contribution in [0.1, 0.15) is 247 Å². The van der Waals surface area contributed by atoms with E-state index in [1.54, 1.807) is 0 Å². The van der Waals surface area contributed by atoms with E-state index < -0.39 is 0 Å². The molecule has 0 spiro atoms. The van der Waals surface area contributed by atoms with Crippen molar-refractivity contribution in [1.82, 2.24) is 0 Å². The lowest BCUT2D eigenvalue weighted by molar-refractivity contribution is 0.175. The molecule has 0 aromatic heterocycles. The molecule has 0 aliphatic heterocycles. The molecular weight excluding hydrogens is 480 g/mol. The second-order valence-corrected chi connectivity index (χ2v) is 14.4. The van der Waals surface area contributed by atoms with Crippen molar-refractivity contribution in [3.05, 3.63) is 0 Å². The van der Waals surface area contributed by atoms with Crippen molar-refractivity contribution >= 4 is 0 Å². The van der Waals surface area contributed by atoms with Crippen molar-refractivity contribution in [2.75, 3.05) is 0 Å². The van der Waals surface area contributed by atoms with Gasteiger partial charge in [-0.3, -0.25) is 0 Å². The summed E-state index contributed by atoms with van der Waals surface area (Å²) in [4.78, 5) is 0. The van der Waals surface area contributed by atoms with Crippen LogP contribution in [0.5, 0.6) is 0 Å². The molecular formula is C40H82. The lowest BCUT2D eigenvalue weighted by Gasteiger charge is -2.34. The average molecular weight is 563 g/mol. The van der Waals surface area contributed by atoms with Crippen LogP contribution in [0.3, 0.4) is 0 Å². The summed E-state index contributed by atoms with van der Waals surface area (Å²) in [7, 11) is 0. The molecule has 0 radical (unpaired) electrons. The van der Waals surface area contributed by atoms with Crippen molar-refractivity contribution in [3.8, 4) is 0 Å². The molecule has 0 heteroatoms. The predicted molar refractivity (Wildman–Crippen MR) is 187 cm³/mol. The summed E-state index contributed by atoms with van der Waals surface area (Å²) in [5.74, 6) is 0.991.